The van der Waals surface area contributed by atoms with Crippen molar-refractivity contribution in [2.24, 2.45) is 0 Å². The van der Waals surface area contributed by atoms with Crippen LogP contribution in [0.4, 0.5) is 4.39 Å². The summed E-state index contributed by atoms with van der Waals surface area (Å²) in [5.41, 5.74) is 0. The van der Waals surface area contributed by atoms with Gasteiger partial charge in [-0.05, 0) is 36.4 Å². The standard InChI is InChI=1S/C19H17FP.HI/c20-16-21(17-10-4-1-5-11-17,18-12-6-2-7-13-18)19-14-8-3-9-15-19;/h1-15H,16H2;1H/q+1;/p-1. The van der Waals surface area contributed by atoms with Crippen molar-refractivity contribution in [2.45, 2.75) is 0 Å². The fourth-order valence-electron chi connectivity index (χ4n) is 2.70. The first-order valence-electron chi connectivity index (χ1n) is 6.99. The molecule has 0 amide bonds. The smallest absolute Gasteiger partial charge is 0.210 e. The fourth-order valence-corrected chi connectivity index (χ4v) is 6.05. The van der Waals surface area contributed by atoms with Gasteiger partial charge in [-0.15, -0.1) is 0 Å². The molecule has 0 nitrogen and oxygen atoms in total. The molecule has 0 atom stereocenters. The molecule has 0 radical (unpaired) electrons. The summed E-state index contributed by atoms with van der Waals surface area (Å²) in [6, 6.07) is 30.2. The lowest BCUT2D eigenvalue weighted by Crippen LogP contribution is -3.00. The number of hydrogen-bond acceptors (Lipinski definition) is 0. The minimum Gasteiger partial charge on any atom is -1.00 e. The van der Waals surface area contributed by atoms with Gasteiger partial charge in [0, 0.05) is 0 Å². The first-order chi connectivity index (χ1) is 10.4. The Morgan fingerprint density at radius 2 is 0.818 bits per heavy atom. The van der Waals surface area contributed by atoms with Crippen molar-refractivity contribution in [1.82, 2.24) is 0 Å². The van der Waals surface area contributed by atoms with Crippen LogP contribution in [0.3, 0.4) is 0 Å². The van der Waals surface area contributed by atoms with E-state index in [2.05, 4.69) is 0 Å². The summed E-state index contributed by atoms with van der Waals surface area (Å²) in [5, 5.41) is 3.26. The SMILES string of the molecule is FC[P+](c1ccccc1)(c1ccccc1)c1ccccc1.[I-]. The van der Waals surface area contributed by atoms with Gasteiger partial charge in [-0.2, -0.15) is 0 Å². The van der Waals surface area contributed by atoms with E-state index in [1.165, 1.54) is 0 Å². The monoisotopic (exact) mass is 422 g/mol. The van der Waals surface area contributed by atoms with E-state index in [0.717, 1.165) is 15.9 Å². The molecule has 3 rings (SSSR count). The van der Waals surface area contributed by atoms with Gasteiger partial charge in [0.1, 0.15) is 23.2 Å². The molecule has 0 saturated carbocycles. The van der Waals surface area contributed by atoms with E-state index in [9.17, 15) is 4.39 Å². The van der Waals surface area contributed by atoms with Gasteiger partial charge >= 0.3 is 0 Å². The summed E-state index contributed by atoms with van der Waals surface area (Å²) in [5.74, 6) is 0. The predicted octanol–water partition coefficient (Wildman–Crippen LogP) is 0.911. The van der Waals surface area contributed by atoms with Crippen LogP contribution < -0.4 is 39.9 Å². The lowest BCUT2D eigenvalue weighted by atomic mass is 10.4. The maximum atomic E-state index is 14.4. The zero-order chi connectivity index (χ0) is 14.5. The maximum absolute atomic E-state index is 14.4. The Bertz CT molecular complexity index is 590. The van der Waals surface area contributed by atoms with Gasteiger partial charge in [-0.1, -0.05) is 54.6 Å². The molecule has 0 bridgehead atoms. The molecule has 0 aromatic heterocycles. The molecule has 22 heavy (non-hydrogen) atoms. The van der Waals surface area contributed by atoms with Gasteiger partial charge in [0.05, 0.1) is 0 Å². The molecule has 0 aliphatic heterocycles. The Hall–Kier alpha value is -1.25. The van der Waals surface area contributed by atoms with E-state index in [-0.39, 0.29) is 30.4 Å². The lowest BCUT2D eigenvalue weighted by Gasteiger charge is -2.24. The molecule has 112 valence electrons. The van der Waals surface area contributed by atoms with Gasteiger partial charge in [-0.25, -0.2) is 4.39 Å². The Kier molecular flexibility index (Phi) is 6.10. The maximum Gasteiger partial charge on any atom is 0.210 e. The van der Waals surface area contributed by atoms with Gasteiger partial charge in [0.15, 0.2) is 0 Å². The van der Waals surface area contributed by atoms with Crippen LogP contribution in [0.25, 0.3) is 0 Å². The number of alkyl halides is 1. The highest BCUT2D eigenvalue weighted by atomic mass is 127. The Morgan fingerprint density at radius 1 is 0.545 bits per heavy atom. The quantitative estimate of drug-likeness (QED) is 0.434. The third-order valence-electron chi connectivity index (χ3n) is 3.77. The number of rotatable bonds is 4. The summed E-state index contributed by atoms with van der Waals surface area (Å²) in [6.45, 7) is 0. The first kappa shape index (κ1) is 17.1. The Balaban J connectivity index is 0.00000176. The summed E-state index contributed by atoms with van der Waals surface area (Å²) in [4.78, 5) is 0. The zero-order valence-electron chi connectivity index (χ0n) is 12.1. The minimum absolute atomic E-state index is 0. The number of benzene rings is 3. The van der Waals surface area contributed by atoms with E-state index in [1.54, 1.807) is 0 Å². The molecule has 0 heterocycles. The molecule has 3 aromatic rings. The Morgan fingerprint density at radius 3 is 1.05 bits per heavy atom. The van der Waals surface area contributed by atoms with Crippen LogP contribution in [-0.4, -0.2) is 6.42 Å². The van der Waals surface area contributed by atoms with Crippen LogP contribution in [-0.2, 0) is 0 Å². The van der Waals surface area contributed by atoms with E-state index in [4.69, 9.17) is 0 Å². The van der Waals surface area contributed by atoms with Crippen LogP contribution >= 0.6 is 7.26 Å². The van der Waals surface area contributed by atoms with Crippen LogP contribution in [0.1, 0.15) is 0 Å². The normalized spacial score (nSPS) is 10.8. The second-order valence-corrected chi connectivity index (χ2v) is 8.34. The Labute approximate surface area is 148 Å². The van der Waals surface area contributed by atoms with Crippen molar-refractivity contribution < 1.29 is 28.4 Å². The summed E-state index contributed by atoms with van der Waals surface area (Å²) >= 11 is 0. The van der Waals surface area contributed by atoms with Crippen molar-refractivity contribution in [2.75, 3.05) is 6.42 Å². The molecular formula is C19H17FIP. The third kappa shape index (κ3) is 3.09. The topological polar surface area (TPSA) is 0 Å². The fraction of sp³-hybridized carbons (Fsp3) is 0.0526. The molecule has 0 fully saturated rings. The van der Waals surface area contributed by atoms with Crippen molar-refractivity contribution in [3.05, 3.63) is 91.0 Å². The average molecular weight is 422 g/mol. The molecule has 0 N–H and O–H groups in total. The van der Waals surface area contributed by atoms with E-state index in [0.29, 0.717) is 0 Å². The van der Waals surface area contributed by atoms with Crippen LogP contribution in [0, 0.1) is 0 Å². The zero-order valence-corrected chi connectivity index (χ0v) is 15.1. The highest BCUT2D eigenvalue weighted by Crippen LogP contribution is 2.55. The van der Waals surface area contributed by atoms with Gasteiger partial charge in [0.25, 0.3) is 0 Å². The summed E-state index contributed by atoms with van der Waals surface area (Å²) in [6.07, 6.45) is -0.356. The largest absolute Gasteiger partial charge is 1.00 e. The highest BCUT2D eigenvalue weighted by molar-refractivity contribution is 7.95. The summed E-state index contributed by atoms with van der Waals surface area (Å²) in [7, 11) is -2.20. The average Bonchev–Trinajstić information content (AvgIpc) is 2.59. The van der Waals surface area contributed by atoms with Crippen molar-refractivity contribution in [3.8, 4) is 0 Å². The van der Waals surface area contributed by atoms with Crippen molar-refractivity contribution in [3.63, 3.8) is 0 Å². The third-order valence-corrected chi connectivity index (χ3v) is 7.67. The van der Waals surface area contributed by atoms with Crippen molar-refractivity contribution in [1.29, 1.82) is 0 Å². The second-order valence-electron chi connectivity index (χ2n) is 4.94. The van der Waals surface area contributed by atoms with Crippen LogP contribution in [0.5, 0.6) is 0 Å². The van der Waals surface area contributed by atoms with Gasteiger partial charge in [-0.3, -0.25) is 0 Å². The molecule has 3 aromatic carbocycles. The van der Waals surface area contributed by atoms with E-state index >= 15 is 0 Å². The lowest BCUT2D eigenvalue weighted by molar-refractivity contribution is -0.00000447. The van der Waals surface area contributed by atoms with Crippen molar-refractivity contribution >= 4 is 23.2 Å². The molecule has 0 unspecified atom stereocenters. The first-order valence-corrected chi connectivity index (χ1v) is 8.96. The van der Waals surface area contributed by atoms with Gasteiger partial charge < -0.3 is 24.0 Å². The molecular weight excluding hydrogens is 405 g/mol. The van der Waals surface area contributed by atoms with Crippen LogP contribution in [0.2, 0.25) is 0 Å². The van der Waals surface area contributed by atoms with Crippen LogP contribution in [0.15, 0.2) is 91.0 Å². The molecule has 3 heteroatoms. The van der Waals surface area contributed by atoms with Gasteiger partial charge in [0.2, 0.25) is 6.42 Å². The molecule has 0 spiro atoms. The molecule has 0 aliphatic rings. The van der Waals surface area contributed by atoms with E-state index < -0.39 is 7.26 Å². The molecule has 0 aliphatic carbocycles. The van der Waals surface area contributed by atoms with E-state index in [1.807, 2.05) is 91.0 Å². The number of hydrogen-bond donors (Lipinski definition) is 0. The predicted molar refractivity (Wildman–Crippen MR) is 91.1 cm³/mol. The number of halogens is 2. The molecule has 0 saturated heterocycles. The second kappa shape index (κ2) is 7.85. The minimum atomic E-state index is -2.20. The highest BCUT2D eigenvalue weighted by Gasteiger charge is 2.45. The summed E-state index contributed by atoms with van der Waals surface area (Å²) < 4.78 is 14.4.